The van der Waals surface area contributed by atoms with Crippen LogP contribution in [-0.2, 0) is 15.1 Å². The summed E-state index contributed by atoms with van der Waals surface area (Å²) in [5, 5.41) is 12.4. The molecule has 4 amide bonds. The SMILES string of the molecule is CCN(CCO)CC(=O)NN1C(=O)NC(CC)(c2ccccc2)C1=O. The van der Waals surface area contributed by atoms with Gasteiger partial charge < -0.3 is 10.4 Å². The lowest BCUT2D eigenvalue weighted by Gasteiger charge is -2.26. The Kier molecular flexibility index (Phi) is 6.11. The number of carbonyl (C=O) groups excluding carboxylic acids is 3. The summed E-state index contributed by atoms with van der Waals surface area (Å²) in [5.74, 6) is -0.997. The largest absolute Gasteiger partial charge is 0.395 e. The maximum atomic E-state index is 12.9. The maximum absolute atomic E-state index is 12.9. The van der Waals surface area contributed by atoms with Crippen LogP contribution >= 0.6 is 0 Å². The fourth-order valence-corrected chi connectivity index (χ4v) is 2.89. The molecule has 1 atom stereocenters. The second kappa shape index (κ2) is 8.09. The van der Waals surface area contributed by atoms with Gasteiger partial charge in [0, 0.05) is 6.54 Å². The van der Waals surface area contributed by atoms with Gasteiger partial charge in [-0.3, -0.25) is 19.9 Å². The third-order valence-electron chi connectivity index (χ3n) is 4.36. The number of amides is 4. The fraction of sp³-hybridized carbons (Fsp3) is 0.471. The minimum absolute atomic E-state index is 0.0153. The molecule has 0 aromatic heterocycles. The zero-order chi connectivity index (χ0) is 18.4. The van der Waals surface area contributed by atoms with Crippen molar-refractivity contribution in [3.8, 4) is 0 Å². The predicted octanol–water partition coefficient (Wildman–Crippen LogP) is 0.189. The molecule has 8 heteroatoms. The first kappa shape index (κ1) is 18.9. The van der Waals surface area contributed by atoms with Crippen molar-refractivity contribution < 1.29 is 19.5 Å². The number of carbonyl (C=O) groups is 3. The second-order valence-corrected chi connectivity index (χ2v) is 5.82. The normalized spacial score (nSPS) is 20.1. The van der Waals surface area contributed by atoms with Crippen LogP contribution in [0.15, 0.2) is 30.3 Å². The van der Waals surface area contributed by atoms with Crippen LogP contribution in [0.25, 0.3) is 0 Å². The van der Waals surface area contributed by atoms with E-state index >= 15 is 0 Å². The molecule has 136 valence electrons. The number of hydrogen-bond donors (Lipinski definition) is 3. The van der Waals surface area contributed by atoms with Gasteiger partial charge in [0.25, 0.3) is 11.8 Å². The lowest BCUT2D eigenvalue weighted by atomic mass is 9.87. The highest BCUT2D eigenvalue weighted by Gasteiger charge is 2.52. The molecule has 0 bridgehead atoms. The summed E-state index contributed by atoms with van der Waals surface area (Å²) < 4.78 is 0. The quantitative estimate of drug-likeness (QED) is 0.582. The molecule has 1 unspecified atom stereocenters. The molecular formula is C17H24N4O4. The number of nitrogens with one attached hydrogen (secondary N) is 2. The Morgan fingerprint density at radius 2 is 1.96 bits per heavy atom. The molecule has 2 rings (SSSR count). The van der Waals surface area contributed by atoms with Crippen LogP contribution < -0.4 is 10.7 Å². The monoisotopic (exact) mass is 348 g/mol. The number of benzene rings is 1. The number of imide groups is 1. The van der Waals surface area contributed by atoms with E-state index in [1.807, 2.05) is 13.0 Å². The minimum atomic E-state index is -1.18. The second-order valence-electron chi connectivity index (χ2n) is 5.82. The van der Waals surface area contributed by atoms with Gasteiger partial charge in [-0.05, 0) is 18.5 Å². The molecule has 0 radical (unpaired) electrons. The van der Waals surface area contributed by atoms with E-state index in [9.17, 15) is 14.4 Å². The van der Waals surface area contributed by atoms with Gasteiger partial charge in [0.15, 0.2) is 0 Å². The van der Waals surface area contributed by atoms with Crippen molar-refractivity contribution in [3.05, 3.63) is 35.9 Å². The standard InChI is InChI=1S/C17H24N4O4/c1-3-17(13-8-6-5-7-9-13)15(24)21(16(25)18-17)19-14(23)12-20(4-2)10-11-22/h5-9,22H,3-4,10-12H2,1-2H3,(H,18,25)(H,19,23). The Balaban J connectivity index is 2.14. The minimum Gasteiger partial charge on any atom is -0.395 e. The Labute approximate surface area is 146 Å². The van der Waals surface area contributed by atoms with Gasteiger partial charge in [0.1, 0.15) is 5.54 Å². The average Bonchev–Trinajstić information content (AvgIpc) is 2.87. The van der Waals surface area contributed by atoms with Crippen molar-refractivity contribution in [3.63, 3.8) is 0 Å². The molecule has 1 aromatic carbocycles. The summed E-state index contributed by atoms with van der Waals surface area (Å²) in [7, 11) is 0. The van der Waals surface area contributed by atoms with E-state index in [1.165, 1.54) is 0 Å². The van der Waals surface area contributed by atoms with Crippen LogP contribution in [0.1, 0.15) is 25.8 Å². The molecule has 1 aliphatic heterocycles. The van der Waals surface area contributed by atoms with E-state index in [2.05, 4.69) is 10.7 Å². The van der Waals surface area contributed by atoms with E-state index in [0.29, 0.717) is 25.1 Å². The lowest BCUT2D eigenvalue weighted by molar-refractivity contribution is -0.139. The summed E-state index contributed by atoms with van der Waals surface area (Å²) in [6.45, 7) is 4.48. The van der Waals surface area contributed by atoms with Crippen molar-refractivity contribution in [2.75, 3.05) is 26.2 Å². The first-order valence-electron chi connectivity index (χ1n) is 8.33. The van der Waals surface area contributed by atoms with Crippen LogP contribution in [0.5, 0.6) is 0 Å². The van der Waals surface area contributed by atoms with Crippen molar-refractivity contribution in [1.82, 2.24) is 20.7 Å². The molecule has 25 heavy (non-hydrogen) atoms. The van der Waals surface area contributed by atoms with Crippen molar-refractivity contribution >= 4 is 17.8 Å². The zero-order valence-corrected chi connectivity index (χ0v) is 14.5. The molecule has 1 aliphatic rings. The molecule has 3 N–H and O–H groups in total. The van der Waals surface area contributed by atoms with Gasteiger partial charge in [-0.2, -0.15) is 5.01 Å². The first-order chi connectivity index (χ1) is 12.0. The van der Waals surface area contributed by atoms with Crippen molar-refractivity contribution in [2.24, 2.45) is 0 Å². The molecule has 0 spiro atoms. The van der Waals surface area contributed by atoms with E-state index in [4.69, 9.17) is 5.11 Å². The van der Waals surface area contributed by atoms with Gasteiger partial charge in [-0.1, -0.05) is 44.2 Å². The van der Waals surface area contributed by atoms with Crippen LogP contribution in [0, 0.1) is 0 Å². The Morgan fingerprint density at radius 1 is 1.28 bits per heavy atom. The molecule has 0 saturated carbocycles. The van der Waals surface area contributed by atoms with Crippen LogP contribution in [-0.4, -0.2) is 59.1 Å². The van der Waals surface area contributed by atoms with Gasteiger partial charge in [-0.25, -0.2) is 4.79 Å². The molecular weight excluding hydrogens is 324 g/mol. The molecule has 8 nitrogen and oxygen atoms in total. The summed E-state index contributed by atoms with van der Waals surface area (Å²) >= 11 is 0. The molecule has 0 aliphatic carbocycles. The van der Waals surface area contributed by atoms with Crippen LogP contribution in [0.4, 0.5) is 4.79 Å². The molecule has 1 aromatic rings. The molecule has 1 heterocycles. The number of urea groups is 1. The van der Waals surface area contributed by atoms with E-state index in [0.717, 1.165) is 5.01 Å². The molecule has 1 saturated heterocycles. The van der Waals surface area contributed by atoms with Crippen molar-refractivity contribution in [1.29, 1.82) is 0 Å². The first-order valence-corrected chi connectivity index (χ1v) is 8.33. The number of hydrazine groups is 1. The Bertz CT molecular complexity index is 637. The predicted molar refractivity (Wildman–Crippen MR) is 91.1 cm³/mol. The maximum Gasteiger partial charge on any atom is 0.344 e. The number of aliphatic hydroxyl groups excluding tert-OH is 1. The van der Waals surface area contributed by atoms with E-state index in [-0.39, 0.29) is 13.2 Å². The number of likely N-dealkylation sites (N-methyl/N-ethyl adjacent to an activating group) is 1. The summed E-state index contributed by atoms with van der Waals surface area (Å²) in [4.78, 5) is 39.0. The van der Waals surface area contributed by atoms with Gasteiger partial charge in [0.2, 0.25) is 0 Å². The molecule has 1 fully saturated rings. The third-order valence-corrected chi connectivity index (χ3v) is 4.36. The van der Waals surface area contributed by atoms with Crippen molar-refractivity contribution in [2.45, 2.75) is 25.8 Å². The summed E-state index contributed by atoms with van der Waals surface area (Å²) in [5.41, 5.74) is 1.86. The highest BCUT2D eigenvalue weighted by molar-refractivity contribution is 6.08. The zero-order valence-electron chi connectivity index (χ0n) is 14.5. The topological polar surface area (TPSA) is 102 Å². The van der Waals surface area contributed by atoms with Gasteiger partial charge in [0.05, 0.1) is 13.2 Å². The van der Waals surface area contributed by atoms with Crippen LogP contribution in [0.3, 0.4) is 0 Å². The number of hydrogen-bond acceptors (Lipinski definition) is 5. The number of aliphatic hydroxyl groups is 1. The summed E-state index contributed by atoms with van der Waals surface area (Å²) in [6.07, 6.45) is 0.361. The highest BCUT2D eigenvalue weighted by Crippen LogP contribution is 2.31. The highest BCUT2D eigenvalue weighted by atomic mass is 16.3. The lowest BCUT2D eigenvalue weighted by Crippen LogP contribution is -2.51. The fourth-order valence-electron chi connectivity index (χ4n) is 2.89. The summed E-state index contributed by atoms with van der Waals surface area (Å²) in [6, 6.07) is 8.30. The third kappa shape index (κ3) is 3.80. The van der Waals surface area contributed by atoms with Gasteiger partial charge in [-0.15, -0.1) is 0 Å². The van der Waals surface area contributed by atoms with E-state index in [1.54, 1.807) is 36.1 Å². The smallest absolute Gasteiger partial charge is 0.344 e. The van der Waals surface area contributed by atoms with E-state index < -0.39 is 23.4 Å². The number of rotatable bonds is 8. The Hall–Kier alpha value is -2.45. The number of nitrogens with zero attached hydrogens (tertiary/aromatic N) is 2. The van der Waals surface area contributed by atoms with Gasteiger partial charge >= 0.3 is 6.03 Å². The van der Waals surface area contributed by atoms with Crippen LogP contribution in [0.2, 0.25) is 0 Å². The Morgan fingerprint density at radius 3 is 2.52 bits per heavy atom. The average molecular weight is 348 g/mol.